The average Bonchev–Trinajstić information content (AvgIpc) is 3.52. The van der Waals surface area contributed by atoms with Crippen LogP contribution in [0.1, 0.15) is 46.4 Å². The predicted octanol–water partition coefficient (Wildman–Crippen LogP) is 6.18. The maximum Gasteiger partial charge on any atom is 0.227 e. The third-order valence-electron chi connectivity index (χ3n) is 6.42. The standard InChI is InChI=1S/C28H25ClN4O2S/c1-18-12-13-22(15-24(18)29)33-17-21(14-26(33)35)27-31-32-28(36-27)30-25(34)16-23(19-8-4-2-5-9-19)20-10-6-3-7-11-20/h2-13,15,21,23H,14,16-17H2,1H3,(H,30,32,34). The van der Waals surface area contributed by atoms with Crippen molar-refractivity contribution in [3.05, 3.63) is 106 Å². The summed E-state index contributed by atoms with van der Waals surface area (Å²) in [6.07, 6.45) is 0.630. The Morgan fingerprint density at radius 2 is 1.72 bits per heavy atom. The number of benzene rings is 3. The maximum absolute atomic E-state index is 13.0. The predicted molar refractivity (Wildman–Crippen MR) is 144 cm³/mol. The Hall–Kier alpha value is -3.55. The van der Waals surface area contributed by atoms with Gasteiger partial charge in [0, 0.05) is 41.9 Å². The van der Waals surface area contributed by atoms with Gasteiger partial charge >= 0.3 is 0 Å². The fourth-order valence-corrected chi connectivity index (χ4v) is 5.50. The molecule has 1 aliphatic rings. The molecule has 5 rings (SSSR count). The van der Waals surface area contributed by atoms with Gasteiger partial charge in [-0.1, -0.05) is 89.7 Å². The minimum atomic E-state index is -0.131. The third-order valence-corrected chi connectivity index (χ3v) is 7.83. The van der Waals surface area contributed by atoms with Crippen molar-refractivity contribution < 1.29 is 9.59 Å². The maximum atomic E-state index is 13.0. The van der Waals surface area contributed by atoms with E-state index in [2.05, 4.69) is 15.5 Å². The van der Waals surface area contributed by atoms with Gasteiger partial charge in [0.15, 0.2) is 0 Å². The molecule has 2 amide bonds. The molecule has 3 aromatic carbocycles. The highest BCUT2D eigenvalue weighted by atomic mass is 35.5. The fraction of sp³-hybridized carbons (Fsp3) is 0.214. The molecule has 1 N–H and O–H groups in total. The number of carbonyl (C=O) groups excluding carboxylic acids is 2. The van der Waals surface area contributed by atoms with Crippen LogP contribution in [0.5, 0.6) is 0 Å². The molecule has 182 valence electrons. The van der Waals surface area contributed by atoms with E-state index in [1.54, 1.807) is 4.90 Å². The van der Waals surface area contributed by atoms with Gasteiger partial charge in [0.05, 0.1) is 0 Å². The molecule has 0 bridgehead atoms. The van der Waals surface area contributed by atoms with Gasteiger partial charge in [0.25, 0.3) is 0 Å². The summed E-state index contributed by atoms with van der Waals surface area (Å²) in [4.78, 5) is 27.4. The SMILES string of the molecule is Cc1ccc(N2CC(c3nnc(NC(=O)CC(c4ccccc4)c4ccccc4)s3)CC2=O)cc1Cl. The molecule has 1 atom stereocenters. The molecule has 1 unspecified atom stereocenters. The van der Waals surface area contributed by atoms with Crippen molar-refractivity contribution in [3.63, 3.8) is 0 Å². The van der Waals surface area contributed by atoms with Crippen LogP contribution in [0.2, 0.25) is 5.02 Å². The number of hydrogen-bond acceptors (Lipinski definition) is 5. The summed E-state index contributed by atoms with van der Waals surface area (Å²) >= 11 is 7.58. The van der Waals surface area contributed by atoms with Gasteiger partial charge in [0.2, 0.25) is 16.9 Å². The lowest BCUT2D eigenvalue weighted by atomic mass is 9.88. The molecule has 1 fully saturated rings. The molecular formula is C28H25ClN4O2S. The second kappa shape index (κ2) is 10.6. The zero-order valence-electron chi connectivity index (χ0n) is 19.7. The summed E-state index contributed by atoms with van der Waals surface area (Å²) in [7, 11) is 0. The zero-order chi connectivity index (χ0) is 25.1. The van der Waals surface area contributed by atoms with E-state index in [1.165, 1.54) is 11.3 Å². The van der Waals surface area contributed by atoms with Crippen LogP contribution in [-0.2, 0) is 9.59 Å². The quantitative estimate of drug-likeness (QED) is 0.318. The second-order valence-electron chi connectivity index (χ2n) is 8.91. The number of carbonyl (C=O) groups is 2. The number of nitrogens with zero attached hydrogens (tertiary/aromatic N) is 3. The van der Waals surface area contributed by atoms with E-state index >= 15 is 0 Å². The summed E-state index contributed by atoms with van der Waals surface area (Å²) in [5, 5.41) is 13.2. The molecular weight excluding hydrogens is 492 g/mol. The lowest BCUT2D eigenvalue weighted by Crippen LogP contribution is -2.24. The molecule has 1 aromatic heterocycles. The van der Waals surface area contributed by atoms with Crippen molar-refractivity contribution in [3.8, 4) is 0 Å². The minimum absolute atomic E-state index is 0.0225. The monoisotopic (exact) mass is 516 g/mol. The van der Waals surface area contributed by atoms with E-state index < -0.39 is 0 Å². The summed E-state index contributed by atoms with van der Waals surface area (Å²) in [5.41, 5.74) is 3.91. The Balaban J connectivity index is 1.26. The lowest BCUT2D eigenvalue weighted by Gasteiger charge is -2.17. The van der Waals surface area contributed by atoms with E-state index in [1.807, 2.05) is 85.8 Å². The van der Waals surface area contributed by atoms with Crippen LogP contribution in [0.3, 0.4) is 0 Å². The van der Waals surface area contributed by atoms with E-state index in [-0.39, 0.29) is 30.1 Å². The molecule has 1 aliphatic heterocycles. The molecule has 0 aliphatic carbocycles. The highest BCUT2D eigenvalue weighted by molar-refractivity contribution is 7.15. The first kappa shape index (κ1) is 24.2. The number of halogens is 1. The van der Waals surface area contributed by atoms with Crippen molar-refractivity contribution >= 4 is 45.6 Å². The third kappa shape index (κ3) is 5.32. The van der Waals surface area contributed by atoms with Crippen LogP contribution >= 0.6 is 22.9 Å². The number of rotatable bonds is 7. The first-order chi connectivity index (χ1) is 17.5. The number of anilines is 2. The van der Waals surface area contributed by atoms with Crippen molar-refractivity contribution in [2.24, 2.45) is 0 Å². The van der Waals surface area contributed by atoms with Crippen LogP contribution in [0, 0.1) is 6.92 Å². The van der Waals surface area contributed by atoms with Crippen molar-refractivity contribution in [1.82, 2.24) is 10.2 Å². The van der Waals surface area contributed by atoms with E-state index in [0.29, 0.717) is 23.1 Å². The number of aryl methyl sites for hydroxylation is 1. The second-order valence-corrected chi connectivity index (χ2v) is 10.3. The zero-order valence-corrected chi connectivity index (χ0v) is 21.3. The Labute approximate surface area is 219 Å². The molecule has 0 radical (unpaired) electrons. The van der Waals surface area contributed by atoms with Crippen LogP contribution in [0.15, 0.2) is 78.9 Å². The highest BCUT2D eigenvalue weighted by Gasteiger charge is 2.34. The summed E-state index contributed by atoms with van der Waals surface area (Å²) < 4.78 is 0. The lowest BCUT2D eigenvalue weighted by molar-refractivity contribution is -0.117. The van der Waals surface area contributed by atoms with Crippen molar-refractivity contribution in [2.45, 2.75) is 31.6 Å². The van der Waals surface area contributed by atoms with Gasteiger partial charge in [0.1, 0.15) is 5.01 Å². The van der Waals surface area contributed by atoms with Crippen molar-refractivity contribution in [1.29, 1.82) is 0 Å². The molecule has 1 saturated heterocycles. The number of amides is 2. The van der Waals surface area contributed by atoms with Crippen LogP contribution in [0.25, 0.3) is 0 Å². The first-order valence-electron chi connectivity index (χ1n) is 11.8. The number of nitrogens with one attached hydrogen (secondary N) is 1. The Morgan fingerprint density at radius 3 is 2.36 bits per heavy atom. The highest BCUT2D eigenvalue weighted by Crippen LogP contribution is 2.36. The van der Waals surface area contributed by atoms with Crippen molar-refractivity contribution in [2.75, 3.05) is 16.8 Å². The van der Waals surface area contributed by atoms with E-state index in [9.17, 15) is 9.59 Å². The average molecular weight is 517 g/mol. The molecule has 8 heteroatoms. The minimum Gasteiger partial charge on any atom is -0.312 e. The molecule has 2 heterocycles. The molecule has 4 aromatic rings. The Kier molecular flexibility index (Phi) is 7.11. The smallest absolute Gasteiger partial charge is 0.227 e. The molecule has 0 saturated carbocycles. The molecule has 6 nitrogen and oxygen atoms in total. The summed E-state index contributed by atoms with van der Waals surface area (Å²) in [5.74, 6) is -0.257. The van der Waals surface area contributed by atoms with Gasteiger partial charge in [-0.3, -0.25) is 9.59 Å². The first-order valence-corrected chi connectivity index (χ1v) is 13.0. The van der Waals surface area contributed by atoms with Crippen LogP contribution in [-0.4, -0.2) is 28.6 Å². The topological polar surface area (TPSA) is 75.2 Å². The van der Waals surface area contributed by atoms with E-state index in [0.717, 1.165) is 27.4 Å². The Bertz CT molecular complexity index is 1340. The van der Waals surface area contributed by atoms with Gasteiger partial charge < -0.3 is 10.2 Å². The van der Waals surface area contributed by atoms with Gasteiger partial charge in [-0.05, 0) is 35.7 Å². The van der Waals surface area contributed by atoms with Crippen LogP contribution in [0.4, 0.5) is 10.8 Å². The number of aromatic nitrogens is 2. The van der Waals surface area contributed by atoms with Gasteiger partial charge in [-0.25, -0.2) is 0 Å². The Morgan fingerprint density at radius 1 is 1.06 bits per heavy atom. The fourth-order valence-electron chi connectivity index (χ4n) is 4.48. The summed E-state index contributed by atoms with van der Waals surface area (Å²) in [6, 6.07) is 25.7. The molecule has 36 heavy (non-hydrogen) atoms. The van der Waals surface area contributed by atoms with Gasteiger partial charge in [-0.2, -0.15) is 0 Å². The van der Waals surface area contributed by atoms with Gasteiger partial charge in [-0.15, -0.1) is 10.2 Å². The summed E-state index contributed by atoms with van der Waals surface area (Å²) in [6.45, 7) is 2.44. The number of hydrogen-bond donors (Lipinski definition) is 1. The van der Waals surface area contributed by atoms with Crippen LogP contribution < -0.4 is 10.2 Å². The molecule has 0 spiro atoms. The van der Waals surface area contributed by atoms with E-state index in [4.69, 9.17) is 11.6 Å². The normalized spacial score (nSPS) is 15.5. The largest absolute Gasteiger partial charge is 0.312 e.